The van der Waals surface area contributed by atoms with E-state index >= 15 is 0 Å². The van der Waals surface area contributed by atoms with Gasteiger partial charge in [-0.3, -0.25) is 19.3 Å². The monoisotopic (exact) mass is 546 g/mol. The zero-order valence-electron chi connectivity index (χ0n) is 20.0. The predicted molar refractivity (Wildman–Crippen MR) is 135 cm³/mol. The molecule has 0 spiro atoms. The Balaban J connectivity index is 1.20. The van der Waals surface area contributed by atoms with Gasteiger partial charge in [0.1, 0.15) is 11.5 Å². The first-order chi connectivity index (χ1) is 17.7. The molecule has 2 bridgehead atoms. The first kappa shape index (κ1) is 25.4. The molecule has 1 heterocycles. The summed E-state index contributed by atoms with van der Waals surface area (Å²) in [7, 11) is 2.97. The number of fused-ring (bicyclic) bond motifs is 5. The zero-order valence-corrected chi connectivity index (χ0v) is 21.5. The van der Waals surface area contributed by atoms with Crippen LogP contribution in [-0.2, 0) is 19.1 Å². The maximum Gasteiger partial charge on any atom is 0.338 e. The van der Waals surface area contributed by atoms with E-state index in [9.17, 15) is 19.2 Å². The number of nitrogens with zero attached hydrogens (tertiary/aromatic N) is 1. The highest BCUT2D eigenvalue weighted by Crippen LogP contribution is 2.59. The third kappa shape index (κ3) is 4.30. The Morgan fingerprint density at radius 1 is 0.946 bits per heavy atom. The van der Waals surface area contributed by atoms with Crippen LogP contribution in [0.25, 0.3) is 0 Å². The molecule has 37 heavy (non-hydrogen) atoms. The van der Waals surface area contributed by atoms with E-state index in [1.54, 1.807) is 18.2 Å². The van der Waals surface area contributed by atoms with E-state index in [2.05, 4.69) is 5.32 Å². The van der Waals surface area contributed by atoms with E-state index in [0.29, 0.717) is 29.3 Å². The molecule has 0 aromatic heterocycles. The number of anilines is 2. The number of rotatable bonds is 7. The second-order valence-corrected chi connectivity index (χ2v) is 10.3. The normalized spacial score (nSPS) is 27.7. The van der Waals surface area contributed by atoms with Gasteiger partial charge in [-0.25, -0.2) is 4.79 Å². The van der Waals surface area contributed by atoms with Gasteiger partial charge in [0.25, 0.3) is 5.91 Å². The smallest absolute Gasteiger partial charge is 0.338 e. The first-order valence-corrected chi connectivity index (χ1v) is 12.6. The molecule has 1 aliphatic heterocycles. The summed E-state index contributed by atoms with van der Waals surface area (Å²) >= 11 is 12.8. The van der Waals surface area contributed by atoms with Crippen LogP contribution in [0, 0.1) is 23.7 Å². The van der Waals surface area contributed by atoms with Crippen LogP contribution in [-0.4, -0.2) is 55.3 Å². The summed E-state index contributed by atoms with van der Waals surface area (Å²) in [4.78, 5) is 52.2. The summed E-state index contributed by atoms with van der Waals surface area (Å²) in [5, 5.41) is 1.96. The third-order valence-electron chi connectivity index (χ3n) is 7.37. The molecule has 3 fully saturated rings. The molecule has 2 aliphatic carbocycles. The Morgan fingerprint density at radius 2 is 1.57 bits per heavy atom. The first-order valence-electron chi connectivity index (χ1n) is 11.7. The minimum atomic E-state index is -0.729. The van der Waals surface area contributed by atoms with E-state index in [4.69, 9.17) is 37.4 Å². The van der Waals surface area contributed by atoms with Gasteiger partial charge in [-0.1, -0.05) is 0 Å². The van der Waals surface area contributed by atoms with E-state index in [-0.39, 0.29) is 40.0 Å². The van der Waals surface area contributed by atoms with Crippen molar-refractivity contribution in [3.63, 3.8) is 0 Å². The third-order valence-corrected chi connectivity index (χ3v) is 8.68. The van der Waals surface area contributed by atoms with Crippen molar-refractivity contribution >= 4 is 58.3 Å². The fraction of sp³-hybridized carbons (Fsp3) is 0.385. The number of carbonyl (C=O) groups excluding carboxylic acids is 4. The van der Waals surface area contributed by atoms with Crippen LogP contribution in [0.4, 0.5) is 11.4 Å². The summed E-state index contributed by atoms with van der Waals surface area (Å²) in [5.41, 5.74) is 0.925. The Kier molecular flexibility index (Phi) is 6.76. The van der Waals surface area contributed by atoms with E-state index < -0.39 is 30.3 Å². The number of methoxy groups -OCH3 is 2. The van der Waals surface area contributed by atoms with Crippen molar-refractivity contribution < 1.29 is 33.4 Å². The topological polar surface area (TPSA) is 111 Å². The Morgan fingerprint density at radius 3 is 2.14 bits per heavy atom. The Labute approximate surface area is 222 Å². The van der Waals surface area contributed by atoms with Gasteiger partial charge < -0.3 is 19.5 Å². The van der Waals surface area contributed by atoms with Crippen LogP contribution in [0.15, 0.2) is 42.5 Å². The summed E-state index contributed by atoms with van der Waals surface area (Å²) < 4.78 is 15.5. The number of esters is 1. The summed E-state index contributed by atoms with van der Waals surface area (Å²) in [6.07, 6.45) is 0.687. The lowest BCUT2D eigenvalue weighted by molar-refractivity contribution is -0.123. The number of ether oxygens (including phenoxy) is 3. The molecule has 2 aromatic carbocycles. The summed E-state index contributed by atoms with van der Waals surface area (Å²) in [6.45, 7) is -0.524. The van der Waals surface area contributed by atoms with Crippen molar-refractivity contribution in [2.45, 2.75) is 17.2 Å². The van der Waals surface area contributed by atoms with Gasteiger partial charge in [0, 0.05) is 6.07 Å². The highest BCUT2D eigenvalue weighted by molar-refractivity contribution is 6.32. The molecule has 11 heteroatoms. The lowest BCUT2D eigenvalue weighted by Gasteiger charge is -2.28. The number of alkyl halides is 2. The fourth-order valence-electron chi connectivity index (χ4n) is 5.65. The molecule has 9 nitrogen and oxygen atoms in total. The number of halogens is 2. The molecule has 2 saturated carbocycles. The number of imide groups is 1. The van der Waals surface area contributed by atoms with Crippen molar-refractivity contribution in [3.8, 4) is 11.5 Å². The minimum absolute atomic E-state index is 0.112. The quantitative estimate of drug-likeness (QED) is 0.321. The van der Waals surface area contributed by atoms with Gasteiger partial charge in [-0.2, -0.15) is 0 Å². The van der Waals surface area contributed by atoms with Crippen LogP contribution in [0.2, 0.25) is 0 Å². The van der Waals surface area contributed by atoms with Crippen molar-refractivity contribution in [1.82, 2.24) is 0 Å². The maximum absolute atomic E-state index is 13.1. The van der Waals surface area contributed by atoms with Crippen molar-refractivity contribution in [2.75, 3.05) is 31.0 Å². The van der Waals surface area contributed by atoms with Crippen LogP contribution in [0.1, 0.15) is 16.8 Å². The molecular formula is C26H24Cl2N2O7. The second-order valence-electron chi connectivity index (χ2n) is 9.25. The highest BCUT2D eigenvalue weighted by Gasteiger charge is 2.66. The fourth-order valence-corrected chi connectivity index (χ4v) is 6.55. The van der Waals surface area contributed by atoms with Crippen LogP contribution >= 0.6 is 23.2 Å². The molecule has 0 radical (unpaired) electrons. The number of carbonyl (C=O) groups is 4. The predicted octanol–water partition coefficient (Wildman–Crippen LogP) is 3.47. The van der Waals surface area contributed by atoms with Gasteiger partial charge in [0.15, 0.2) is 6.61 Å². The number of hydrogen-bond acceptors (Lipinski definition) is 7. The molecule has 1 N–H and O–H groups in total. The molecule has 5 rings (SSSR count). The number of nitrogens with one attached hydrogen (secondary N) is 1. The lowest BCUT2D eigenvalue weighted by atomic mass is 9.80. The van der Waals surface area contributed by atoms with Crippen molar-refractivity contribution in [2.24, 2.45) is 23.7 Å². The Hall–Kier alpha value is -3.30. The average Bonchev–Trinajstić information content (AvgIpc) is 3.52. The molecule has 1 saturated heterocycles. The van der Waals surface area contributed by atoms with Gasteiger partial charge in [-0.05, 0) is 54.7 Å². The average molecular weight is 547 g/mol. The van der Waals surface area contributed by atoms with Crippen LogP contribution in [0.3, 0.4) is 0 Å². The molecule has 194 valence electrons. The molecular weight excluding hydrogens is 523 g/mol. The SMILES string of the molecule is COc1ccc(NC(=O)COC(=O)c2ccc(N3C(=O)[C@@H]4[C@H]5C[C@@H]([C@H](Cl)[C@H]5Cl)[C@H]4C3=O)cc2)c(OC)c1. The van der Waals surface area contributed by atoms with Crippen LogP contribution in [0.5, 0.6) is 11.5 Å². The molecule has 3 amide bonds. The molecule has 0 unspecified atom stereocenters. The number of hydrogen-bond donors (Lipinski definition) is 1. The minimum Gasteiger partial charge on any atom is -0.497 e. The highest BCUT2D eigenvalue weighted by atomic mass is 35.5. The molecule has 6 atom stereocenters. The standard InChI is InChI=1S/C26H24Cl2N2O7/c1-35-14-7-8-17(18(9-14)36-2)29-19(31)11-37-26(34)12-3-5-13(6-4-12)30-24(32)20-15-10-16(21(20)25(30)33)23(28)22(15)27/h3-9,15-16,20-23H,10-11H2,1-2H3,(H,29,31)/t15-,16-,20-,21-,22+,23+/m1/s1. The van der Waals surface area contributed by atoms with Crippen molar-refractivity contribution in [1.29, 1.82) is 0 Å². The van der Waals surface area contributed by atoms with Gasteiger partial charge in [0.05, 0.1) is 53.7 Å². The Bertz CT molecular complexity index is 1240. The molecule has 2 aromatic rings. The van der Waals surface area contributed by atoms with E-state index in [1.807, 2.05) is 0 Å². The number of benzene rings is 2. The van der Waals surface area contributed by atoms with Gasteiger partial charge in [0.2, 0.25) is 11.8 Å². The molecule has 3 aliphatic rings. The van der Waals surface area contributed by atoms with Crippen LogP contribution < -0.4 is 19.7 Å². The second kappa shape index (κ2) is 9.87. The van der Waals surface area contributed by atoms with E-state index in [1.165, 1.54) is 38.5 Å². The van der Waals surface area contributed by atoms with Crippen molar-refractivity contribution in [3.05, 3.63) is 48.0 Å². The lowest BCUT2D eigenvalue weighted by Crippen LogP contribution is -2.37. The van der Waals surface area contributed by atoms with E-state index in [0.717, 1.165) is 4.90 Å². The maximum atomic E-state index is 13.1. The summed E-state index contributed by atoms with van der Waals surface area (Å²) in [6, 6.07) is 10.8. The van der Waals surface area contributed by atoms with Gasteiger partial charge >= 0.3 is 5.97 Å². The zero-order chi connectivity index (χ0) is 26.4. The number of amides is 3. The largest absolute Gasteiger partial charge is 0.497 e. The summed E-state index contributed by atoms with van der Waals surface area (Å²) in [5.74, 6) is -2.03. The van der Waals surface area contributed by atoms with Gasteiger partial charge in [-0.15, -0.1) is 23.2 Å².